The third-order valence-corrected chi connectivity index (χ3v) is 2.59. The smallest absolute Gasteiger partial charge is 0.236 e. The van der Waals surface area contributed by atoms with Crippen molar-refractivity contribution < 1.29 is 4.79 Å². The van der Waals surface area contributed by atoms with Crippen LogP contribution in [0.2, 0.25) is 0 Å². The highest BCUT2D eigenvalue weighted by Crippen LogP contribution is 2.08. The summed E-state index contributed by atoms with van der Waals surface area (Å²) in [5.74, 6) is 0.0969. The van der Waals surface area contributed by atoms with Crippen molar-refractivity contribution in [1.29, 1.82) is 0 Å². The summed E-state index contributed by atoms with van der Waals surface area (Å²) in [6.07, 6.45) is 1.76. The molecule has 0 bridgehead atoms. The average Bonchev–Trinajstić information content (AvgIpc) is 2.21. The molecule has 1 rings (SSSR count). The van der Waals surface area contributed by atoms with Gasteiger partial charge in [-0.05, 0) is 35.1 Å². The summed E-state index contributed by atoms with van der Waals surface area (Å²) in [7, 11) is 5.42. The average molecular weight is 286 g/mol. The number of hydrogen-bond donors (Lipinski definition) is 0. The molecule has 0 saturated carbocycles. The van der Waals surface area contributed by atoms with Crippen LogP contribution in [-0.4, -0.2) is 48.4 Å². The largest absolute Gasteiger partial charge is 0.348 e. The summed E-state index contributed by atoms with van der Waals surface area (Å²) < 4.78 is 0.961. The molecule has 1 amide bonds. The first kappa shape index (κ1) is 13.1. The van der Waals surface area contributed by atoms with Gasteiger partial charge in [0, 0.05) is 31.3 Å². The van der Waals surface area contributed by atoms with E-state index < -0.39 is 0 Å². The van der Waals surface area contributed by atoms with Crippen LogP contribution in [0, 0.1) is 0 Å². The van der Waals surface area contributed by atoms with E-state index >= 15 is 0 Å². The van der Waals surface area contributed by atoms with Gasteiger partial charge in [0.2, 0.25) is 5.91 Å². The topological polar surface area (TPSA) is 36.4 Å². The Bertz CT molecular complexity index is 351. The number of carbonyl (C=O) groups excluding carboxylic acids is 1. The molecular weight excluding hydrogens is 270 g/mol. The first-order valence-electron chi connectivity index (χ1n) is 4.98. The van der Waals surface area contributed by atoms with E-state index in [0.717, 1.165) is 10.2 Å². The molecule has 0 fully saturated rings. The molecule has 5 heteroatoms. The molecule has 0 aliphatic heterocycles. The van der Waals surface area contributed by atoms with E-state index in [9.17, 15) is 4.79 Å². The molecule has 0 spiro atoms. The van der Waals surface area contributed by atoms with Crippen molar-refractivity contribution in [3.8, 4) is 0 Å². The molecule has 0 aromatic carbocycles. The van der Waals surface area contributed by atoms with Crippen molar-refractivity contribution in [1.82, 2.24) is 14.8 Å². The fourth-order valence-corrected chi connectivity index (χ4v) is 1.44. The lowest BCUT2D eigenvalue weighted by Gasteiger charge is -2.18. The third-order valence-electron chi connectivity index (χ3n) is 2.12. The van der Waals surface area contributed by atoms with Gasteiger partial charge in [0.05, 0.1) is 12.2 Å². The SMILES string of the molecule is CN(CC(=O)N(C)C)Cc1ccc(Br)cn1. The van der Waals surface area contributed by atoms with Gasteiger partial charge in [0.1, 0.15) is 0 Å². The Morgan fingerprint density at radius 2 is 2.06 bits per heavy atom. The molecule has 16 heavy (non-hydrogen) atoms. The van der Waals surface area contributed by atoms with E-state index in [0.29, 0.717) is 13.1 Å². The van der Waals surface area contributed by atoms with Crippen LogP contribution in [0.4, 0.5) is 0 Å². The van der Waals surface area contributed by atoms with E-state index in [1.165, 1.54) is 0 Å². The second-order valence-corrected chi connectivity index (χ2v) is 4.84. The zero-order chi connectivity index (χ0) is 12.1. The van der Waals surface area contributed by atoms with Crippen LogP contribution < -0.4 is 0 Å². The summed E-state index contributed by atoms with van der Waals surface area (Å²) >= 11 is 3.33. The highest BCUT2D eigenvalue weighted by molar-refractivity contribution is 9.10. The number of amides is 1. The molecule has 88 valence electrons. The quantitative estimate of drug-likeness (QED) is 0.838. The number of rotatable bonds is 4. The van der Waals surface area contributed by atoms with E-state index in [2.05, 4.69) is 20.9 Å². The maximum atomic E-state index is 11.5. The zero-order valence-corrected chi connectivity index (χ0v) is 11.4. The number of pyridine rings is 1. The first-order chi connectivity index (χ1) is 7.49. The van der Waals surface area contributed by atoms with Gasteiger partial charge in [-0.15, -0.1) is 0 Å². The molecule has 0 aliphatic carbocycles. The number of halogens is 1. The fourth-order valence-electron chi connectivity index (χ4n) is 1.20. The Hall–Kier alpha value is -0.940. The Balaban J connectivity index is 2.48. The predicted octanol–water partition coefficient (Wildman–Crippen LogP) is 1.36. The minimum Gasteiger partial charge on any atom is -0.348 e. The monoisotopic (exact) mass is 285 g/mol. The number of carbonyl (C=O) groups is 1. The van der Waals surface area contributed by atoms with Crippen LogP contribution >= 0.6 is 15.9 Å². The predicted molar refractivity (Wildman–Crippen MR) is 67.0 cm³/mol. The van der Waals surface area contributed by atoms with Crippen molar-refractivity contribution >= 4 is 21.8 Å². The van der Waals surface area contributed by atoms with Crippen molar-refractivity contribution in [2.75, 3.05) is 27.7 Å². The van der Waals surface area contributed by atoms with Crippen LogP contribution in [0.15, 0.2) is 22.8 Å². The Kier molecular flexibility index (Phi) is 4.89. The first-order valence-corrected chi connectivity index (χ1v) is 5.77. The van der Waals surface area contributed by atoms with Crippen LogP contribution in [0.25, 0.3) is 0 Å². The molecule has 0 saturated heterocycles. The molecular formula is C11H16BrN3O. The lowest BCUT2D eigenvalue weighted by molar-refractivity contribution is -0.129. The molecule has 0 aliphatic rings. The van der Waals surface area contributed by atoms with Crippen LogP contribution in [-0.2, 0) is 11.3 Å². The van der Waals surface area contributed by atoms with Gasteiger partial charge in [0.25, 0.3) is 0 Å². The van der Waals surface area contributed by atoms with Gasteiger partial charge in [-0.3, -0.25) is 14.7 Å². The number of hydrogen-bond acceptors (Lipinski definition) is 3. The van der Waals surface area contributed by atoms with Gasteiger partial charge in [-0.25, -0.2) is 0 Å². The standard InChI is InChI=1S/C11H16BrN3O/c1-14(2)11(16)8-15(3)7-10-5-4-9(12)6-13-10/h4-6H,7-8H2,1-3H3. The van der Waals surface area contributed by atoms with Gasteiger partial charge in [-0.2, -0.15) is 0 Å². The van der Waals surface area contributed by atoms with Crippen LogP contribution in [0.1, 0.15) is 5.69 Å². The van der Waals surface area contributed by atoms with Crippen LogP contribution in [0.3, 0.4) is 0 Å². The summed E-state index contributed by atoms with van der Waals surface area (Å²) in [5.41, 5.74) is 0.956. The summed E-state index contributed by atoms with van der Waals surface area (Å²) in [6, 6.07) is 3.89. The normalized spacial score (nSPS) is 10.6. The molecule has 0 radical (unpaired) electrons. The highest BCUT2D eigenvalue weighted by atomic mass is 79.9. The zero-order valence-electron chi connectivity index (χ0n) is 9.77. The van der Waals surface area contributed by atoms with Crippen LogP contribution in [0.5, 0.6) is 0 Å². The lowest BCUT2D eigenvalue weighted by atomic mass is 10.3. The van der Waals surface area contributed by atoms with Gasteiger partial charge >= 0.3 is 0 Å². The van der Waals surface area contributed by atoms with Crippen molar-refractivity contribution in [2.24, 2.45) is 0 Å². The molecule has 1 aromatic heterocycles. The van der Waals surface area contributed by atoms with E-state index in [4.69, 9.17) is 0 Å². The fraction of sp³-hybridized carbons (Fsp3) is 0.455. The molecule has 0 N–H and O–H groups in total. The van der Waals surface area contributed by atoms with Crippen molar-refractivity contribution in [3.63, 3.8) is 0 Å². The second-order valence-electron chi connectivity index (χ2n) is 3.93. The van der Waals surface area contributed by atoms with E-state index in [-0.39, 0.29) is 5.91 Å². The second kappa shape index (κ2) is 5.96. The van der Waals surface area contributed by atoms with Gasteiger partial charge in [0.15, 0.2) is 0 Å². The number of likely N-dealkylation sites (N-methyl/N-ethyl adjacent to an activating group) is 2. The van der Waals surface area contributed by atoms with Gasteiger partial charge < -0.3 is 4.90 Å². The summed E-state index contributed by atoms with van der Waals surface area (Å²) in [6.45, 7) is 1.08. The molecule has 4 nitrogen and oxygen atoms in total. The minimum atomic E-state index is 0.0969. The Morgan fingerprint density at radius 1 is 1.38 bits per heavy atom. The van der Waals surface area contributed by atoms with Crippen molar-refractivity contribution in [2.45, 2.75) is 6.54 Å². The number of nitrogens with zero attached hydrogens (tertiary/aromatic N) is 3. The summed E-state index contributed by atoms with van der Waals surface area (Å²) in [5, 5.41) is 0. The Labute approximate surface area is 104 Å². The molecule has 0 atom stereocenters. The minimum absolute atomic E-state index is 0.0969. The summed E-state index contributed by atoms with van der Waals surface area (Å²) in [4.78, 5) is 19.2. The third kappa shape index (κ3) is 4.28. The molecule has 1 aromatic rings. The maximum absolute atomic E-state index is 11.5. The van der Waals surface area contributed by atoms with E-state index in [1.54, 1.807) is 25.2 Å². The molecule has 1 heterocycles. The number of aromatic nitrogens is 1. The van der Waals surface area contributed by atoms with E-state index in [1.807, 2.05) is 24.1 Å². The van der Waals surface area contributed by atoms with Gasteiger partial charge in [-0.1, -0.05) is 0 Å². The Morgan fingerprint density at radius 3 is 2.56 bits per heavy atom. The maximum Gasteiger partial charge on any atom is 0.236 e. The highest BCUT2D eigenvalue weighted by Gasteiger charge is 2.08. The van der Waals surface area contributed by atoms with Crippen molar-refractivity contribution in [3.05, 3.63) is 28.5 Å². The lowest BCUT2D eigenvalue weighted by Crippen LogP contribution is -2.34. The molecule has 0 unspecified atom stereocenters.